The molecule has 0 nitrogen and oxygen atoms in total. The van der Waals surface area contributed by atoms with Gasteiger partial charge in [-0.1, -0.05) is 170 Å². The van der Waals surface area contributed by atoms with Gasteiger partial charge in [0.1, 0.15) is 16.1 Å². The molecule has 1 heterocycles. The fourth-order valence-electron chi connectivity index (χ4n) is 6.27. The molecule has 0 fully saturated rings. The zero-order chi connectivity index (χ0) is 25.0. The fourth-order valence-corrected chi connectivity index (χ4v) is 14.8. The van der Waals surface area contributed by atoms with Gasteiger partial charge < -0.3 is 0 Å². The van der Waals surface area contributed by atoms with E-state index < -0.39 is 16.1 Å². The second-order valence-corrected chi connectivity index (χ2v) is 19.0. The molecule has 1 aliphatic heterocycles. The molecular formula is C34H36Si2. The van der Waals surface area contributed by atoms with Crippen LogP contribution in [-0.4, -0.2) is 16.1 Å². The molecular weight excluding hydrogens is 465 g/mol. The lowest BCUT2D eigenvalue weighted by Crippen LogP contribution is -2.57. The van der Waals surface area contributed by atoms with Crippen LogP contribution in [0.2, 0.25) is 24.7 Å². The van der Waals surface area contributed by atoms with E-state index in [0.717, 1.165) is 6.04 Å². The third kappa shape index (κ3) is 4.29. The van der Waals surface area contributed by atoms with Crippen LogP contribution in [0.5, 0.6) is 0 Å². The summed E-state index contributed by atoms with van der Waals surface area (Å²) in [6.07, 6.45) is 2.62. The van der Waals surface area contributed by atoms with Crippen LogP contribution in [-0.2, 0) is 0 Å². The van der Waals surface area contributed by atoms with Gasteiger partial charge in [-0.25, -0.2) is 0 Å². The number of rotatable bonds is 8. The van der Waals surface area contributed by atoms with Crippen LogP contribution in [0.25, 0.3) is 10.4 Å². The van der Waals surface area contributed by atoms with Crippen molar-refractivity contribution in [2.45, 2.75) is 38.5 Å². The maximum atomic E-state index is 2.62. The average molecular weight is 501 g/mol. The number of hydrogen-bond donors (Lipinski definition) is 0. The van der Waals surface area contributed by atoms with Crippen molar-refractivity contribution in [3.63, 3.8) is 0 Å². The Morgan fingerprint density at radius 2 is 1.03 bits per heavy atom. The van der Waals surface area contributed by atoms with Crippen molar-refractivity contribution in [2.24, 2.45) is 0 Å². The van der Waals surface area contributed by atoms with Gasteiger partial charge in [0.2, 0.25) is 0 Å². The Labute approximate surface area is 219 Å². The highest BCUT2D eigenvalue weighted by Crippen LogP contribution is 2.48. The van der Waals surface area contributed by atoms with Gasteiger partial charge in [0.05, 0.1) is 0 Å². The molecule has 4 aromatic rings. The monoisotopic (exact) mass is 500 g/mol. The van der Waals surface area contributed by atoms with Crippen molar-refractivity contribution in [3.05, 3.63) is 144 Å². The summed E-state index contributed by atoms with van der Waals surface area (Å²) < 4.78 is 0. The molecule has 0 N–H and O–H groups in total. The maximum absolute atomic E-state index is 2.62. The first-order chi connectivity index (χ1) is 17.6. The highest BCUT2D eigenvalue weighted by Gasteiger charge is 2.44. The molecule has 4 aromatic carbocycles. The molecule has 180 valence electrons. The average Bonchev–Trinajstić information content (AvgIpc) is 3.25. The predicted octanol–water partition coefficient (Wildman–Crippen LogP) is 8.00. The van der Waals surface area contributed by atoms with Gasteiger partial charge in [-0.15, -0.1) is 0 Å². The Kier molecular flexibility index (Phi) is 7.09. The van der Waals surface area contributed by atoms with Crippen molar-refractivity contribution in [1.29, 1.82) is 0 Å². The van der Waals surface area contributed by atoms with Crippen molar-refractivity contribution >= 4 is 36.9 Å². The van der Waals surface area contributed by atoms with Crippen LogP contribution in [0.1, 0.15) is 25.0 Å². The first-order valence-electron chi connectivity index (χ1n) is 13.3. The maximum Gasteiger partial charge on any atom is 0.122 e. The van der Waals surface area contributed by atoms with Crippen LogP contribution in [0.15, 0.2) is 133 Å². The molecule has 2 heteroatoms. The number of hydrogen-bond acceptors (Lipinski definition) is 0. The van der Waals surface area contributed by atoms with E-state index >= 15 is 0 Å². The molecule has 1 atom stereocenters. The number of benzene rings is 4. The summed E-state index contributed by atoms with van der Waals surface area (Å²) in [5.74, 6) is 0. The van der Waals surface area contributed by atoms with Gasteiger partial charge in [-0.05, 0) is 33.1 Å². The quantitative estimate of drug-likeness (QED) is 0.215. The van der Waals surface area contributed by atoms with E-state index in [1.165, 1.54) is 23.2 Å². The zero-order valence-corrected chi connectivity index (χ0v) is 23.7. The highest BCUT2D eigenvalue weighted by molar-refractivity contribution is 7.11. The van der Waals surface area contributed by atoms with Gasteiger partial charge in [0.15, 0.2) is 0 Å². The largest absolute Gasteiger partial charge is 0.122 e. The first kappa shape index (κ1) is 24.5. The summed E-state index contributed by atoms with van der Waals surface area (Å²) in [4.78, 5) is 0. The Bertz CT molecular complexity index is 1320. The van der Waals surface area contributed by atoms with Gasteiger partial charge in [0.25, 0.3) is 0 Å². The normalized spacial score (nSPS) is 17.8. The Hall–Kier alpha value is -3.21. The molecule has 0 aromatic heterocycles. The van der Waals surface area contributed by atoms with E-state index in [1.807, 2.05) is 0 Å². The van der Waals surface area contributed by atoms with Gasteiger partial charge in [0, 0.05) is 0 Å². The van der Waals surface area contributed by atoms with E-state index in [-0.39, 0.29) is 0 Å². The second-order valence-electron chi connectivity index (χ2n) is 10.2. The topological polar surface area (TPSA) is 0 Å². The van der Waals surface area contributed by atoms with Crippen LogP contribution >= 0.6 is 0 Å². The van der Waals surface area contributed by atoms with Crippen LogP contribution in [0, 0.1) is 0 Å². The SMILES string of the molecule is CC[Si]1(C)C(c2ccccc2)=CC(C[Si](CC)(c2ccccc2)c2ccccc2)=C1c1ccccc1. The lowest BCUT2D eigenvalue weighted by molar-refractivity contribution is 1.32. The number of allylic oxidation sites excluding steroid dienone is 2. The summed E-state index contributed by atoms with van der Waals surface area (Å²) in [6.45, 7) is 7.43. The minimum Gasteiger partial charge on any atom is -0.0672 e. The Morgan fingerprint density at radius 1 is 0.583 bits per heavy atom. The molecule has 0 bridgehead atoms. The molecule has 1 unspecified atom stereocenters. The van der Waals surface area contributed by atoms with E-state index in [4.69, 9.17) is 0 Å². The molecule has 1 aliphatic rings. The molecule has 0 aliphatic carbocycles. The zero-order valence-electron chi connectivity index (χ0n) is 21.7. The summed E-state index contributed by atoms with van der Waals surface area (Å²) in [5.41, 5.74) is 4.41. The van der Waals surface area contributed by atoms with Crippen LogP contribution in [0.3, 0.4) is 0 Å². The summed E-state index contributed by atoms with van der Waals surface area (Å²) >= 11 is 0. The fraction of sp³-hybridized carbons (Fsp3) is 0.176. The summed E-state index contributed by atoms with van der Waals surface area (Å²) in [7, 11) is -3.96. The summed E-state index contributed by atoms with van der Waals surface area (Å²) in [6, 6.07) is 48.7. The van der Waals surface area contributed by atoms with Crippen LogP contribution in [0.4, 0.5) is 0 Å². The Balaban J connectivity index is 1.76. The Morgan fingerprint density at radius 3 is 1.47 bits per heavy atom. The van der Waals surface area contributed by atoms with E-state index in [0.29, 0.717) is 0 Å². The minimum atomic E-state index is -2.05. The lowest BCUT2D eigenvalue weighted by atomic mass is 10.1. The molecule has 0 saturated heterocycles. The van der Waals surface area contributed by atoms with E-state index in [1.54, 1.807) is 26.3 Å². The predicted molar refractivity (Wildman–Crippen MR) is 163 cm³/mol. The van der Waals surface area contributed by atoms with Gasteiger partial charge in [-0.2, -0.15) is 0 Å². The highest BCUT2D eigenvalue weighted by atomic mass is 28.3. The molecule has 0 spiro atoms. The molecule has 0 radical (unpaired) electrons. The molecule has 5 rings (SSSR count). The second kappa shape index (κ2) is 10.4. The van der Waals surface area contributed by atoms with Crippen molar-refractivity contribution < 1.29 is 0 Å². The summed E-state index contributed by atoms with van der Waals surface area (Å²) in [5, 5.41) is 6.33. The molecule has 0 saturated carbocycles. The van der Waals surface area contributed by atoms with E-state index in [2.05, 4.69) is 148 Å². The van der Waals surface area contributed by atoms with Crippen molar-refractivity contribution in [3.8, 4) is 0 Å². The van der Waals surface area contributed by atoms with Crippen molar-refractivity contribution in [2.75, 3.05) is 0 Å². The molecule has 36 heavy (non-hydrogen) atoms. The lowest BCUT2D eigenvalue weighted by Gasteiger charge is -2.34. The van der Waals surface area contributed by atoms with E-state index in [9.17, 15) is 0 Å². The third-order valence-electron chi connectivity index (χ3n) is 8.39. The van der Waals surface area contributed by atoms with Crippen LogP contribution < -0.4 is 10.4 Å². The smallest absolute Gasteiger partial charge is 0.0672 e. The standard InChI is InChI=1S/C34H36Si2/c1-4-35(3)33(28-18-10-6-11-19-28)26-30(34(35)29-20-12-7-13-21-29)27-36(5-2,31-22-14-8-15-23-31)32-24-16-9-17-25-32/h6-26H,4-5,27H2,1-3H3. The van der Waals surface area contributed by atoms with Crippen molar-refractivity contribution in [1.82, 2.24) is 0 Å². The van der Waals surface area contributed by atoms with Gasteiger partial charge >= 0.3 is 0 Å². The minimum absolute atomic E-state index is 1.14. The van der Waals surface area contributed by atoms with Gasteiger partial charge in [-0.3, -0.25) is 0 Å². The third-order valence-corrected chi connectivity index (χ3v) is 18.2. The molecule has 0 amide bonds. The first-order valence-corrected chi connectivity index (χ1v) is 18.4.